The number of nitrogens with one attached hydrogen (secondary N) is 1. The van der Waals surface area contributed by atoms with E-state index in [1.807, 2.05) is 23.1 Å². The smallest absolute Gasteiger partial charge is 0.262 e. The third kappa shape index (κ3) is 5.19. The molecule has 0 saturated carbocycles. The van der Waals surface area contributed by atoms with Crippen molar-refractivity contribution in [3.8, 4) is 11.1 Å². The van der Waals surface area contributed by atoms with Gasteiger partial charge in [-0.3, -0.25) is 39.1 Å². The molecular formula is C34H31FN4O5. The molecule has 4 heterocycles. The molecule has 1 N–H and O–H groups in total. The van der Waals surface area contributed by atoms with Crippen LogP contribution in [0.2, 0.25) is 0 Å². The fourth-order valence-corrected chi connectivity index (χ4v) is 7.22. The molecule has 3 saturated heterocycles. The first-order chi connectivity index (χ1) is 21.2. The first-order valence-electron chi connectivity index (χ1n) is 15.0. The van der Waals surface area contributed by atoms with Crippen molar-refractivity contribution >= 4 is 29.5 Å². The Morgan fingerprint density at radius 2 is 1.52 bits per heavy atom. The summed E-state index contributed by atoms with van der Waals surface area (Å²) in [7, 11) is 0. The number of nitrogens with zero attached hydrogens (tertiary/aromatic N) is 3. The highest BCUT2D eigenvalue weighted by atomic mass is 19.1. The number of piperidine rings is 3. The van der Waals surface area contributed by atoms with E-state index >= 15 is 0 Å². The molecule has 3 unspecified atom stereocenters. The highest BCUT2D eigenvalue weighted by molar-refractivity contribution is 6.23. The average Bonchev–Trinajstić information content (AvgIpc) is 3.25. The van der Waals surface area contributed by atoms with Crippen LogP contribution in [-0.4, -0.2) is 76.5 Å². The zero-order valence-corrected chi connectivity index (χ0v) is 24.0. The fourth-order valence-electron chi connectivity index (χ4n) is 7.22. The van der Waals surface area contributed by atoms with Crippen molar-refractivity contribution in [2.24, 2.45) is 11.8 Å². The minimum Gasteiger partial charge on any atom is -0.338 e. The average molecular weight is 595 g/mol. The van der Waals surface area contributed by atoms with Crippen molar-refractivity contribution in [3.63, 3.8) is 0 Å². The third-order valence-corrected chi connectivity index (χ3v) is 9.14. The van der Waals surface area contributed by atoms with Gasteiger partial charge in [0.1, 0.15) is 11.9 Å². The van der Waals surface area contributed by atoms with Crippen LogP contribution in [-0.2, 0) is 16.1 Å². The Morgan fingerprint density at radius 1 is 0.818 bits per heavy atom. The number of amides is 5. The fraction of sp³-hybridized carbons (Fsp3) is 0.324. The number of imide groups is 2. The summed E-state index contributed by atoms with van der Waals surface area (Å²) < 4.78 is 13.3. The topological polar surface area (TPSA) is 107 Å². The van der Waals surface area contributed by atoms with Gasteiger partial charge in [-0.05, 0) is 83.8 Å². The van der Waals surface area contributed by atoms with Crippen LogP contribution in [0.5, 0.6) is 0 Å². The molecule has 0 aliphatic carbocycles. The predicted octanol–water partition coefficient (Wildman–Crippen LogP) is 3.49. The van der Waals surface area contributed by atoms with E-state index in [9.17, 15) is 28.4 Å². The van der Waals surface area contributed by atoms with E-state index in [0.29, 0.717) is 30.5 Å². The second kappa shape index (κ2) is 11.1. The Kier molecular flexibility index (Phi) is 7.08. The van der Waals surface area contributed by atoms with Gasteiger partial charge in [0.15, 0.2) is 0 Å². The van der Waals surface area contributed by atoms with Crippen molar-refractivity contribution in [1.29, 1.82) is 0 Å². The zero-order chi connectivity index (χ0) is 30.5. The Balaban J connectivity index is 1.03. The minimum absolute atomic E-state index is 0.0457. The van der Waals surface area contributed by atoms with Crippen molar-refractivity contribution in [2.75, 3.05) is 26.2 Å². The molecule has 5 amide bonds. The number of benzene rings is 3. The van der Waals surface area contributed by atoms with Gasteiger partial charge in [-0.15, -0.1) is 0 Å². The van der Waals surface area contributed by atoms with Crippen LogP contribution >= 0.6 is 0 Å². The SMILES string of the molecule is O=C1CCC(N2C(=O)c3ccc(-c4cccc(CN5CC6CC(C5)CN(C(=O)c5ccc(F)cc5)C6)c4)cc3C2=O)C(=O)N1. The maximum Gasteiger partial charge on any atom is 0.262 e. The van der Waals surface area contributed by atoms with E-state index in [1.165, 1.54) is 12.1 Å². The number of hydrogen-bond donors (Lipinski definition) is 1. The van der Waals surface area contributed by atoms with Gasteiger partial charge in [0, 0.05) is 44.7 Å². The van der Waals surface area contributed by atoms with Crippen LogP contribution in [0.25, 0.3) is 11.1 Å². The number of halogens is 1. The minimum atomic E-state index is -0.996. The molecule has 3 aromatic carbocycles. The molecule has 2 bridgehead atoms. The number of carbonyl (C=O) groups is 5. The van der Waals surface area contributed by atoms with Crippen LogP contribution in [0.1, 0.15) is 55.9 Å². The largest absolute Gasteiger partial charge is 0.338 e. The van der Waals surface area contributed by atoms with Gasteiger partial charge >= 0.3 is 0 Å². The monoisotopic (exact) mass is 594 g/mol. The highest BCUT2D eigenvalue weighted by Crippen LogP contribution is 2.33. The molecule has 7 rings (SSSR count). The molecule has 4 aliphatic rings. The van der Waals surface area contributed by atoms with Gasteiger partial charge in [0.05, 0.1) is 11.1 Å². The Hall–Kier alpha value is -4.70. The van der Waals surface area contributed by atoms with Crippen LogP contribution in [0.4, 0.5) is 4.39 Å². The van der Waals surface area contributed by atoms with Crippen molar-refractivity contribution < 1.29 is 28.4 Å². The summed E-state index contributed by atoms with van der Waals surface area (Å²) in [6, 6.07) is 18.0. The number of rotatable bonds is 5. The maximum absolute atomic E-state index is 13.3. The lowest BCUT2D eigenvalue weighted by Crippen LogP contribution is -2.54. The van der Waals surface area contributed by atoms with E-state index in [2.05, 4.69) is 22.3 Å². The molecule has 9 nitrogen and oxygen atoms in total. The second-order valence-corrected chi connectivity index (χ2v) is 12.3. The van der Waals surface area contributed by atoms with Crippen LogP contribution in [0.3, 0.4) is 0 Å². The van der Waals surface area contributed by atoms with E-state index in [0.717, 1.165) is 47.6 Å². The molecule has 44 heavy (non-hydrogen) atoms. The lowest BCUT2D eigenvalue weighted by Gasteiger charge is -2.46. The summed E-state index contributed by atoms with van der Waals surface area (Å²) in [5.74, 6) is -1.75. The third-order valence-electron chi connectivity index (χ3n) is 9.14. The molecule has 0 radical (unpaired) electrons. The quantitative estimate of drug-likeness (QED) is 0.454. The van der Waals surface area contributed by atoms with Crippen LogP contribution < -0.4 is 5.32 Å². The first-order valence-corrected chi connectivity index (χ1v) is 15.0. The van der Waals surface area contributed by atoms with E-state index < -0.39 is 29.7 Å². The summed E-state index contributed by atoms with van der Waals surface area (Å²) in [4.78, 5) is 68.7. The number of fused-ring (bicyclic) bond motifs is 3. The lowest BCUT2D eigenvalue weighted by molar-refractivity contribution is -0.136. The second-order valence-electron chi connectivity index (χ2n) is 12.3. The number of likely N-dealkylation sites (tertiary alicyclic amines) is 2. The van der Waals surface area contributed by atoms with Gasteiger partial charge in [0.25, 0.3) is 17.7 Å². The molecule has 4 aliphatic heterocycles. The number of hydrogen-bond acceptors (Lipinski definition) is 6. The summed E-state index contributed by atoms with van der Waals surface area (Å²) >= 11 is 0. The van der Waals surface area contributed by atoms with Gasteiger partial charge < -0.3 is 4.90 Å². The normalized spacial score (nSPS) is 23.5. The van der Waals surface area contributed by atoms with E-state index in [4.69, 9.17) is 0 Å². The van der Waals surface area contributed by atoms with Gasteiger partial charge in [-0.2, -0.15) is 0 Å². The van der Waals surface area contributed by atoms with Gasteiger partial charge in [-0.25, -0.2) is 4.39 Å². The molecule has 10 heteroatoms. The summed E-state index contributed by atoms with van der Waals surface area (Å²) in [6.45, 7) is 3.86. The molecule has 0 aromatic heterocycles. The molecule has 224 valence electrons. The van der Waals surface area contributed by atoms with E-state index in [-0.39, 0.29) is 35.7 Å². The molecule has 3 atom stereocenters. The van der Waals surface area contributed by atoms with Crippen molar-refractivity contribution in [1.82, 2.24) is 20.0 Å². The van der Waals surface area contributed by atoms with Crippen molar-refractivity contribution in [3.05, 3.63) is 94.8 Å². The highest BCUT2D eigenvalue weighted by Gasteiger charge is 2.44. The molecule has 0 spiro atoms. The first kappa shape index (κ1) is 28.1. The van der Waals surface area contributed by atoms with Crippen LogP contribution in [0, 0.1) is 17.7 Å². The van der Waals surface area contributed by atoms with Crippen molar-refractivity contribution in [2.45, 2.75) is 31.8 Å². The molecular weight excluding hydrogens is 563 g/mol. The van der Waals surface area contributed by atoms with Gasteiger partial charge in [0.2, 0.25) is 11.8 Å². The Morgan fingerprint density at radius 3 is 2.25 bits per heavy atom. The van der Waals surface area contributed by atoms with E-state index in [1.54, 1.807) is 24.3 Å². The summed E-state index contributed by atoms with van der Waals surface area (Å²) in [6.07, 6.45) is 1.28. The number of carbonyl (C=O) groups excluding carboxylic acids is 5. The molecule has 3 aromatic rings. The summed E-state index contributed by atoms with van der Waals surface area (Å²) in [5.41, 5.74) is 3.86. The lowest BCUT2D eigenvalue weighted by atomic mass is 9.84. The predicted molar refractivity (Wildman–Crippen MR) is 158 cm³/mol. The summed E-state index contributed by atoms with van der Waals surface area (Å²) in [5, 5.41) is 2.22. The zero-order valence-electron chi connectivity index (χ0n) is 24.0. The molecule has 3 fully saturated rings. The Labute approximate surface area is 253 Å². The Bertz CT molecular complexity index is 1690. The van der Waals surface area contributed by atoms with Gasteiger partial charge in [-0.1, -0.05) is 24.3 Å². The maximum atomic E-state index is 13.3. The van der Waals surface area contributed by atoms with Crippen LogP contribution in [0.15, 0.2) is 66.7 Å². The standard InChI is InChI=1S/C34H31FN4O5/c35-26-7-4-23(5-8-26)32(42)38-18-21-12-22(19-38)17-37(16-21)15-20-2-1-3-24(13-20)25-6-9-27-28(14-25)34(44)39(33(27)43)29-10-11-30(40)36-31(29)41/h1-9,13-14,21-22,29H,10-12,15-19H2,(H,36,40,41).